The molecule has 1 fully saturated rings. The van der Waals surface area contributed by atoms with Crippen molar-refractivity contribution in [1.82, 2.24) is 15.1 Å². The fourth-order valence-electron chi connectivity index (χ4n) is 2.50. The molecule has 114 valence electrons. The maximum atomic E-state index is 12.3. The Bertz CT molecular complexity index is 492. The van der Waals surface area contributed by atoms with E-state index in [4.69, 9.17) is 5.11 Å². The molecule has 1 atom stereocenters. The number of carbonyl (C=O) groups excluding carboxylic acids is 1. The van der Waals surface area contributed by atoms with Crippen LogP contribution in [0.1, 0.15) is 18.0 Å². The normalized spacial score (nSPS) is 19.3. The van der Waals surface area contributed by atoms with Gasteiger partial charge in [-0.1, -0.05) is 30.3 Å². The lowest BCUT2D eigenvalue weighted by Crippen LogP contribution is -2.52. The third kappa shape index (κ3) is 4.19. The Balaban J connectivity index is 2.04. The van der Waals surface area contributed by atoms with Crippen LogP contribution in [0.2, 0.25) is 0 Å². The smallest absolute Gasteiger partial charge is 0.318 e. The van der Waals surface area contributed by atoms with E-state index in [1.54, 1.807) is 4.90 Å². The van der Waals surface area contributed by atoms with Crippen molar-refractivity contribution >= 4 is 12.0 Å². The third-order valence-electron chi connectivity index (χ3n) is 3.64. The molecule has 1 aromatic carbocycles. The first-order valence-electron chi connectivity index (χ1n) is 7.07. The number of benzene rings is 1. The second-order valence-electron chi connectivity index (χ2n) is 5.26. The number of carboxylic acid groups (broad SMARTS) is 1. The molecule has 0 spiro atoms. The van der Waals surface area contributed by atoms with Crippen molar-refractivity contribution in [3.05, 3.63) is 35.9 Å². The summed E-state index contributed by atoms with van der Waals surface area (Å²) in [7, 11) is 2.04. The van der Waals surface area contributed by atoms with Crippen LogP contribution < -0.4 is 5.32 Å². The zero-order valence-corrected chi connectivity index (χ0v) is 12.2. The summed E-state index contributed by atoms with van der Waals surface area (Å²) >= 11 is 0. The van der Waals surface area contributed by atoms with Crippen LogP contribution in [0.5, 0.6) is 0 Å². The van der Waals surface area contributed by atoms with Crippen molar-refractivity contribution in [2.45, 2.75) is 12.5 Å². The van der Waals surface area contributed by atoms with Crippen molar-refractivity contribution in [2.75, 3.05) is 33.2 Å². The number of nitrogens with one attached hydrogen (secondary N) is 1. The average molecular weight is 291 g/mol. The summed E-state index contributed by atoms with van der Waals surface area (Å²) in [5.41, 5.74) is 1.09. The van der Waals surface area contributed by atoms with E-state index in [9.17, 15) is 9.59 Å². The van der Waals surface area contributed by atoms with Gasteiger partial charge in [-0.25, -0.2) is 4.79 Å². The fraction of sp³-hybridized carbons (Fsp3) is 0.467. The SMILES string of the molecule is CN1CCN(C(=O)NCCC(=O)O)C(c2ccccc2)C1. The minimum atomic E-state index is -0.909. The second-order valence-corrected chi connectivity index (χ2v) is 5.26. The van der Waals surface area contributed by atoms with Crippen LogP contribution in [0.4, 0.5) is 4.79 Å². The fourth-order valence-corrected chi connectivity index (χ4v) is 2.50. The first kappa shape index (κ1) is 15.3. The molecule has 1 saturated heterocycles. The lowest BCUT2D eigenvalue weighted by Gasteiger charge is -2.40. The van der Waals surface area contributed by atoms with E-state index in [2.05, 4.69) is 10.2 Å². The van der Waals surface area contributed by atoms with Crippen LogP contribution >= 0.6 is 0 Å². The number of hydrogen-bond acceptors (Lipinski definition) is 3. The molecule has 1 aliphatic heterocycles. The molecule has 1 aliphatic rings. The molecular formula is C15H21N3O3. The monoisotopic (exact) mass is 291 g/mol. The van der Waals surface area contributed by atoms with E-state index < -0.39 is 5.97 Å². The molecule has 0 radical (unpaired) electrons. The predicted octanol–water partition coefficient (Wildman–Crippen LogP) is 1.16. The van der Waals surface area contributed by atoms with Gasteiger partial charge in [-0.15, -0.1) is 0 Å². The van der Waals surface area contributed by atoms with Gasteiger partial charge >= 0.3 is 12.0 Å². The number of aliphatic carboxylic acids is 1. The number of likely N-dealkylation sites (N-methyl/N-ethyl adjacent to an activating group) is 1. The Labute approximate surface area is 124 Å². The number of carbonyl (C=O) groups is 2. The van der Waals surface area contributed by atoms with Crippen LogP contribution in [0.15, 0.2) is 30.3 Å². The Hall–Kier alpha value is -2.08. The highest BCUT2D eigenvalue weighted by atomic mass is 16.4. The van der Waals surface area contributed by atoms with Gasteiger partial charge in [0.25, 0.3) is 0 Å². The molecule has 6 nitrogen and oxygen atoms in total. The summed E-state index contributed by atoms with van der Waals surface area (Å²) in [6, 6.07) is 9.71. The van der Waals surface area contributed by atoms with Crippen molar-refractivity contribution in [1.29, 1.82) is 0 Å². The largest absolute Gasteiger partial charge is 0.481 e. The zero-order valence-electron chi connectivity index (χ0n) is 12.2. The number of nitrogens with zero attached hydrogens (tertiary/aromatic N) is 2. The molecule has 1 unspecified atom stereocenters. The first-order valence-corrected chi connectivity index (χ1v) is 7.07. The maximum Gasteiger partial charge on any atom is 0.318 e. The molecule has 21 heavy (non-hydrogen) atoms. The van der Waals surface area contributed by atoms with Crippen LogP contribution in [0.3, 0.4) is 0 Å². The molecular weight excluding hydrogens is 270 g/mol. The summed E-state index contributed by atoms with van der Waals surface area (Å²) in [5, 5.41) is 11.3. The van der Waals surface area contributed by atoms with Gasteiger partial charge < -0.3 is 20.2 Å². The third-order valence-corrected chi connectivity index (χ3v) is 3.64. The summed E-state index contributed by atoms with van der Waals surface area (Å²) in [6.45, 7) is 2.38. The topological polar surface area (TPSA) is 72.9 Å². The molecule has 0 bridgehead atoms. The van der Waals surface area contributed by atoms with E-state index in [1.165, 1.54) is 0 Å². The maximum absolute atomic E-state index is 12.3. The molecule has 0 saturated carbocycles. The Morgan fingerprint density at radius 1 is 1.29 bits per heavy atom. The molecule has 0 aromatic heterocycles. The minimum absolute atomic E-state index is 0.00484. The summed E-state index contributed by atoms with van der Waals surface area (Å²) in [6.07, 6.45) is -0.0600. The van der Waals surface area contributed by atoms with Crippen LogP contribution in [0.25, 0.3) is 0 Å². The van der Waals surface area contributed by atoms with Crippen molar-refractivity contribution in [2.24, 2.45) is 0 Å². The van der Waals surface area contributed by atoms with Crippen molar-refractivity contribution in [3.8, 4) is 0 Å². The lowest BCUT2D eigenvalue weighted by molar-refractivity contribution is -0.136. The summed E-state index contributed by atoms with van der Waals surface area (Å²) in [4.78, 5) is 26.8. The summed E-state index contributed by atoms with van der Waals surface area (Å²) < 4.78 is 0. The van der Waals surface area contributed by atoms with Gasteiger partial charge in [-0.05, 0) is 12.6 Å². The molecule has 2 rings (SSSR count). The van der Waals surface area contributed by atoms with E-state index in [0.29, 0.717) is 6.54 Å². The highest BCUT2D eigenvalue weighted by Gasteiger charge is 2.29. The highest BCUT2D eigenvalue weighted by Crippen LogP contribution is 2.24. The quantitative estimate of drug-likeness (QED) is 0.873. The van der Waals surface area contributed by atoms with Gasteiger partial charge in [0, 0.05) is 26.2 Å². The number of hydrogen-bond donors (Lipinski definition) is 2. The van der Waals surface area contributed by atoms with Crippen molar-refractivity contribution in [3.63, 3.8) is 0 Å². The first-order chi connectivity index (χ1) is 10.1. The van der Waals surface area contributed by atoms with Gasteiger partial charge in [0.2, 0.25) is 0 Å². The highest BCUT2D eigenvalue weighted by molar-refractivity contribution is 5.76. The average Bonchev–Trinajstić information content (AvgIpc) is 2.47. The second kappa shape index (κ2) is 7.08. The number of urea groups is 1. The molecule has 6 heteroatoms. The minimum Gasteiger partial charge on any atom is -0.481 e. The van der Waals surface area contributed by atoms with Gasteiger partial charge in [0.05, 0.1) is 12.5 Å². The zero-order chi connectivity index (χ0) is 15.2. The van der Waals surface area contributed by atoms with E-state index in [0.717, 1.165) is 18.7 Å². The molecule has 2 N–H and O–H groups in total. The van der Waals surface area contributed by atoms with E-state index >= 15 is 0 Å². The van der Waals surface area contributed by atoms with E-state index in [-0.39, 0.29) is 25.0 Å². The van der Waals surface area contributed by atoms with Crippen molar-refractivity contribution < 1.29 is 14.7 Å². The van der Waals surface area contributed by atoms with Gasteiger partial charge in [0.15, 0.2) is 0 Å². The van der Waals surface area contributed by atoms with Gasteiger partial charge in [0.1, 0.15) is 0 Å². The number of rotatable bonds is 4. The Morgan fingerprint density at radius 3 is 2.67 bits per heavy atom. The van der Waals surface area contributed by atoms with Crippen LogP contribution in [0, 0.1) is 0 Å². The number of carboxylic acids is 1. The van der Waals surface area contributed by atoms with Crippen LogP contribution in [-0.2, 0) is 4.79 Å². The Morgan fingerprint density at radius 2 is 2.00 bits per heavy atom. The molecule has 2 amide bonds. The molecule has 1 heterocycles. The molecule has 0 aliphatic carbocycles. The molecule has 1 aromatic rings. The summed E-state index contributed by atoms with van der Waals surface area (Å²) in [5.74, 6) is -0.909. The number of piperazine rings is 1. The van der Waals surface area contributed by atoms with E-state index in [1.807, 2.05) is 37.4 Å². The standard InChI is InChI=1S/C15H21N3O3/c1-17-9-10-18(15(21)16-8-7-14(19)20)13(11-17)12-5-3-2-4-6-12/h2-6,13H,7-11H2,1H3,(H,16,21)(H,19,20). The Kier molecular flexibility index (Phi) is 5.16. The van der Waals surface area contributed by atoms with Crippen LogP contribution in [-0.4, -0.2) is 60.1 Å². The number of amides is 2. The van der Waals surface area contributed by atoms with Gasteiger partial charge in [-0.2, -0.15) is 0 Å². The van der Waals surface area contributed by atoms with Gasteiger partial charge in [-0.3, -0.25) is 4.79 Å². The lowest BCUT2D eigenvalue weighted by atomic mass is 10.0. The predicted molar refractivity (Wildman–Crippen MR) is 79.0 cm³/mol.